The van der Waals surface area contributed by atoms with E-state index in [0.29, 0.717) is 0 Å². The molecule has 0 radical (unpaired) electrons. The number of nitrogens with two attached hydrogens (primary N) is 2. The summed E-state index contributed by atoms with van der Waals surface area (Å²) < 4.78 is 0. The highest BCUT2D eigenvalue weighted by atomic mass is 14.6. The minimum Gasteiger partial charge on any atom is -0.398 e. The molecule has 0 saturated carbocycles. The van der Waals surface area contributed by atoms with E-state index in [1.54, 1.807) is 0 Å². The Morgan fingerprint density at radius 2 is 1.00 bits per heavy atom. The van der Waals surface area contributed by atoms with Gasteiger partial charge in [0.05, 0.1) is 0 Å². The Kier molecular flexibility index (Phi) is 5.56. The molecule has 0 heterocycles. The Hall–Kier alpha value is -3.52. The van der Waals surface area contributed by atoms with Gasteiger partial charge in [0.2, 0.25) is 0 Å². The van der Waals surface area contributed by atoms with E-state index < -0.39 is 5.41 Å². The largest absolute Gasteiger partial charge is 0.398 e. The minimum absolute atomic E-state index is 0.489. The number of aryl methyl sites for hydroxylation is 4. The molecule has 4 rings (SSSR count). The van der Waals surface area contributed by atoms with E-state index in [4.69, 9.17) is 11.5 Å². The maximum atomic E-state index is 6.72. The molecule has 0 unspecified atom stereocenters. The van der Waals surface area contributed by atoms with Crippen molar-refractivity contribution in [1.29, 1.82) is 0 Å². The van der Waals surface area contributed by atoms with E-state index in [2.05, 4.69) is 107 Å². The predicted molar refractivity (Wildman–Crippen MR) is 138 cm³/mol. The second-order valence-electron chi connectivity index (χ2n) is 9.15. The van der Waals surface area contributed by atoms with Crippen molar-refractivity contribution in [2.24, 2.45) is 0 Å². The van der Waals surface area contributed by atoms with Crippen molar-refractivity contribution in [3.05, 3.63) is 118 Å². The van der Waals surface area contributed by atoms with Crippen molar-refractivity contribution in [2.45, 2.75) is 40.0 Å². The standard InChI is InChI=1S/C30H32N2/c1-19-15-21(3)28(31)26(17-19)30(5,27-18-20(2)16-22(4)29(27)32)25-13-11-24(12-14-25)23-9-7-6-8-10-23/h6-18H,31-32H2,1-5H3. The summed E-state index contributed by atoms with van der Waals surface area (Å²) in [6.45, 7) is 10.7. The van der Waals surface area contributed by atoms with E-state index in [0.717, 1.165) is 33.6 Å². The third-order valence-corrected chi connectivity index (χ3v) is 6.71. The summed E-state index contributed by atoms with van der Waals surface area (Å²) in [5, 5.41) is 0. The molecule has 0 aromatic heterocycles. The number of anilines is 2. The van der Waals surface area contributed by atoms with Gasteiger partial charge in [-0.15, -0.1) is 0 Å². The third kappa shape index (κ3) is 3.67. The smallest absolute Gasteiger partial charge is 0.0464 e. The molecule has 0 aliphatic heterocycles. The molecule has 0 bridgehead atoms. The number of benzene rings is 4. The van der Waals surface area contributed by atoms with Crippen LogP contribution in [0.3, 0.4) is 0 Å². The van der Waals surface area contributed by atoms with Gasteiger partial charge in [0.1, 0.15) is 0 Å². The topological polar surface area (TPSA) is 52.0 Å². The fourth-order valence-electron chi connectivity index (χ4n) is 4.87. The molecule has 4 aromatic carbocycles. The lowest BCUT2D eigenvalue weighted by atomic mass is 9.68. The number of hydrogen-bond donors (Lipinski definition) is 2. The van der Waals surface area contributed by atoms with Crippen molar-refractivity contribution in [3.8, 4) is 11.1 Å². The van der Waals surface area contributed by atoms with Crippen LogP contribution >= 0.6 is 0 Å². The maximum Gasteiger partial charge on any atom is 0.0464 e. The summed E-state index contributed by atoms with van der Waals surface area (Å²) in [6, 6.07) is 28.0. The average Bonchev–Trinajstić information content (AvgIpc) is 2.79. The van der Waals surface area contributed by atoms with Crippen molar-refractivity contribution < 1.29 is 0 Å². The Bertz CT molecular complexity index is 1210. The van der Waals surface area contributed by atoms with Gasteiger partial charge in [-0.3, -0.25) is 0 Å². The van der Waals surface area contributed by atoms with Crippen LogP contribution in [0.25, 0.3) is 11.1 Å². The highest BCUT2D eigenvalue weighted by molar-refractivity contribution is 5.71. The number of rotatable bonds is 4. The SMILES string of the molecule is Cc1cc(C)c(N)c(C(C)(c2ccc(-c3ccccc3)cc2)c2cc(C)cc(C)c2N)c1. The summed E-state index contributed by atoms with van der Waals surface area (Å²) in [7, 11) is 0. The molecule has 2 heteroatoms. The lowest BCUT2D eigenvalue weighted by Gasteiger charge is -2.35. The summed E-state index contributed by atoms with van der Waals surface area (Å²) >= 11 is 0. The average molecular weight is 421 g/mol. The van der Waals surface area contributed by atoms with Crippen molar-refractivity contribution in [2.75, 3.05) is 11.5 Å². The molecule has 32 heavy (non-hydrogen) atoms. The molecule has 0 fully saturated rings. The Morgan fingerprint density at radius 3 is 1.47 bits per heavy atom. The summed E-state index contributed by atoms with van der Waals surface area (Å²) in [6.07, 6.45) is 0. The summed E-state index contributed by atoms with van der Waals surface area (Å²) in [5.41, 5.74) is 24.9. The monoisotopic (exact) mass is 420 g/mol. The first kappa shape index (κ1) is 21.7. The first-order valence-electron chi connectivity index (χ1n) is 11.1. The molecule has 4 N–H and O–H groups in total. The second-order valence-corrected chi connectivity index (χ2v) is 9.15. The van der Waals surface area contributed by atoms with Gasteiger partial charge in [0.15, 0.2) is 0 Å². The normalized spacial score (nSPS) is 11.5. The molecular weight excluding hydrogens is 388 g/mol. The molecule has 0 aliphatic rings. The lowest BCUT2D eigenvalue weighted by molar-refractivity contribution is 0.695. The Morgan fingerprint density at radius 1 is 0.562 bits per heavy atom. The third-order valence-electron chi connectivity index (χ3n) is 6.71. The van der Waals surface area contributed by atoms with Gasteiger partial charge in [0.25, 0.3) is 0 Å². The van der Waals surface area contributed by atoms with Gasteiger partial charge in [-0.05, 0) is 73.6 Å². The van der Waals surface area contributed by atoms with Gasteiger partial charge in [-0.25, -0.2) is 0 Å². The molecular formula is C30H32N2. The van der Waals surface area contributed by atoms with Crippen LogP contribution in [0.5, 0.6) is 0 Å². The fraction of sp³-hybridized carbons (Fsp3) is 0.200. The van der Waals surface area contributed by atoms with E-state index in [-0.39, 0.29) is 0 Å². The van der Waals surface area contributed by atoms with Crippen LogP contribution < -0.4 is 11.5 Å². The highest BCUT2D eigenvalue weighted by Gasteiger charge is 2.35. The van der Waals surface area contributed by atoms with Crippen LogP contribution in [0, 0.1) is 27.7 Å². The Labute approximate surface area is 191 Å². The minimum atomic E-state index is -0.489. The van der Waals surface area contributed by atoms with Crippen LogP contribution in [0.2, 0.25) is 0 Å². The number of nitrogen functional groups attached to an aromatic ring is 2. The quantitative estimate of drug-likeness (QED) is 0.273. The molecule has 0 amide bonds. The Balaban J connectivity index is 2.00. The molecule has 0 atom stereocenters. The van der Waals surface area contributed by atoms with Crippen LogP contribution in [0.4, 0.5) is 11.4 Å². The second kappa shape index (κ2) is 8.20. The van der Waals surface area contributed by atoms with Gasteiger partial charge in [-0.2, -0.15) is 0 Å². The van der Waals surface area contributed by atoms with Crippen LogP contribution in [-0.4, -0.2) is 0 Å². The zero-order valence-corrected chi connectivity index (χ0v) is 19.7. The first-order chi connectivity index (χ1) is 15.2. The van der Waals surface area contributed by atoms with Crippen LogP contribution in [-0.2, 0) is 5.41 Å². The van der Waals surface area contributed by atoms with Crippen LogP contribution in [0.15, 0.2) is 78.9 Å². The van der Waals surface area contributed by atoms with Crippen LogP contribution in [0.1, 0.15) is 45.9 Å². The molecule has 4 aromatic rings. The van der Waals surface area contributed by atoms with Gasteiger partial charge < -0.3 is 11.5 Å². The van der Waals surface area contributed by atoms with Gasteiger partial charge in [-0.1, -0.05) is 90.0 Å². The predicted octanol–water partition coefficient (Wildman–Crippen LogP) is 7.11. The molecule has 0 spiro atoms. The van der Waals surface area contributed by atoms with Crippen molar-refractivity contribution in [3.63, 3.8) is 0 Å². The van der Waals surface area contributed by atoms with Crippen molar-refractivity contribution in [1.82, 2.24) is 0 Å². The zero-order valence-electron chi connectivity index (χ0n) is 19.7. The van der Waals surface area contributed by atoms with Crippen molar-refractivity contribution >= 4 is 11.4 Å². The van der Waals surface area contributed by atoms with Gasteiger partial charge in [0, 0.05) is 16.8 Å². The first-order valence-corrected chi connectivity index (χ1v) is 11.1. The fourth-order valence-corrected chi connectivity index (χ4v) is 4.87. The maximum absolute atomic E-state index is 6.72. The summed E-state index contributed by atoms with van der Waals surface area (Å²) in [4.78, 5) is 0. The van der Waals surface area contributed by atoms with E-state index in [9.17, 15) is 0 Å². The highest BCUT2D eigenvalue weighted by Crippen LogP contribution is 2.46. The molecule has 2 nitrogen and oxygen atoms in total. The lowest BCUT2D eigenvalue weighted by Crippen LogP contribution is -2.29. The van der Waals surface area contributed by atoms with Gasteiger partial charge >= 0.3 is 0 Å². The molecule has 0 aliphatic carbocycles. The zero-order chi connectivity index (χ0) is 23.0. The molecule has 162 valence electrons. The van der Waals surface area contributed by atoms with E-state index in [1.807, 2.05) is 6.07 Å². The van der Waals surface area contributed by atoms with E-state index in [1.165, 1.54) is 27.8 Å². The van der Waals surface area contributed by atoms with E-state index >= 15 is 0 Å². The summed E-state index contributed by atoms with van der Waals surface area (Å²) in [5.74, 6) is 0. The molecule has 0 saturated heterocycles. The number of hydrogen-bond acceptors (Lipinski definition) is 2.